The Balaban J connectivity index is 1.31. The molecule has 6 rings (SSSR count). The maximum Gasteiger partial charge on any atom is 0.217 e. The topological polar surface area (TPSA) is 582 Å². The van der Waals surface area contributed by atoms with E-state index < -0.39 is 266 Å². The van der Waals surface area contributed by atoms with Crippen molar-refractivity contribution in [3.05, 3.63) is 0 Å². The average molecular weight is 1250 g/mol. The number of carbonyl (C=O) groups excluding carboxylic acids is 3. The van der Waals surface area contributed by atoms with Crippen LogP contribution < -0.4 is 16.0 Å². The molecule has 0 unspecified atom stereocenters. The lowest BCUT2D eigenvalue weighted by Gasteiger charge is -2.51. The Kier molecular flexibility index (Phi) is 26.2. The molecule has 6 aliphatic heterocycles. The number of nitrogens with one attached hydrogen (secondary N) is 3. The predicted octanol–water partition coefficient (Wildman–Crippen LogP) is -14.2. The van der Waals surface area contributed by atoms with E-state index in [0.29, 0.717) is 0 Å². The summed E-state index contributed by atoms with van der Waals surface area (Å²) in [6, 6.07) is -5.37. The van der Waals surface area contributed by atoms with Crippen LogP contribution in [0.4, 0.5) is 0 Å². The third kappa shape index (κ3) is 16.4. The quantitative estimate of drug-likeness (QED) is 0.0427. The van der Waals surface area contributed by atoms with Gasteiger partial charge >= 0.3 is 0 Å². The van der Waals surface area contributed by atoms with E-state index in [1.54, 1.807) is 0 Å². The van der Waals surface area contributed by atoms with Crippen molar-refractivity contribution >= 4 is 17.7 Å². The zero-order valence-electron chi connectivity index (χ0n) is 46.5. The highest BCUT2D eigenvalue weighted by Crippen LogP contribution is 2.37. The molecular formula is C48H83N3O34. The largest absolute Gasteiger partial charge is 0.394 e. The van der Waals surface area contributed by atoms with E-state index in [4.69, 9.17) is 56.8 Å². The summed E-state index contributed by atoms with van der Waals surface area (Å²) in [6.45, 7) is -0.726. The zero-order valence-corrected chi connectivity index (χ0v) is 46.5. The Morgan fingerprint density at radius 1 is 0.424 bits per heavy atom. The summed E-state index contributed by atoms with van der Waals surface area (Å²) >= 11 is 0. The van der Waals surface area contributed by atoms with E-state index >= 15 is 0 Å². The summed E-state index contributed by atoms with van der Waals surface area (Å²) in [6.07, 6.45) is -58.8. The van der Waals surface area contributed by atoms with Crippen LogP contribution in [0.5, 0.6) is 0 Å². The third-order valence-electron chi connectivity index (χ3n) is 15.3. The first-order chi connectivity index (χ1) is 40.0. The molecule has 0 radical (unpaired) electrons. The molecule has 0 spiro atoms. The molecule has 6 heterocycles. The number of amides is 3. The molecule has 0 aromatic heterocycles. The Bertz CT molecular complexity index is 2100. The van der Waals surface area contributed by atoms with Crippen molar-refractivity contribution in [1.82, 2.24) is 16.0 Å². The molecule has 0 bridgehead atoms. The summed E-state index contributed by atoms with van der Waals surface area (Å²) in [4.78, 5) is 38.3. The maximum absolute atomic E-state index is 13.1. The van der Waals surface area contributed by atoms with Gasteiger partial charge in [-0.1, -0.05) is 0 Å². The summed E-state index contributed by atoms with van der Waals surface area (Å²) < 4.78 is 70.5. The third-order valence-corrected chi connectivity index (χ3v) is 15.3. The number of carbonyl (C=O) groups is 3. The Morgan fingerprint density at radius 2 is 0.835 bits per heavy atom. The van der Waals surface area contributed by atoms with E-state index in [0.717, 1.165) is 20.8 Å². The lowest BCUT2D eigenvalue weighted by atomic mass is 9.94. The van der Waals surface area contributed by atoms with E-state index in [9.17, 15) is 111 Å². The van der Waals surface area contributed by atoms with Gasteiger partial charge in [0.1, 0.15) is 152 Å². The van der Waals surface area contributed by atoms with Gasteiger partial charge in [0.15, 0.2) is 37.7 Å². The highest BCUT2D eigenvalue weighted by atomic mass is 16.8. The highest BCUT2D eigenvalue weighted by Gasteiger charge is 2.58. The van der Waals surface area contributed by atoms with Crippen LogP contribution in [0.2, 0.25) is 0 Å². The average Bonchev–Trinajstić information content (AvgIpc) is 2.78. The van der Waals surface area contributed by atoms with Crippen LogP contribution in [-0.4, -0.2) is 363 Å². The van der Waals surface area contributed by atoms with Crippen LogP contribution in [0, 0.1) is 0 Å². The van der Waals surface area contributed by atoms with Crippen LogP contribution >= 0.6 is 0 Å². The fraction of sp³-hybridized carbons (Fsp3) is 0.938. The second kappa shape index (κ2) is 31.3. The Labute approximate surface area is 483 Å². The fourth-order valence-electron chi connectivity index (χ4n) is 10.6. The van der Waals surface area contributed by atoms with Gasteiger partial charge in [-0.3, -0.25) is 14.4 Å². The van der Waals surface area contributed by atoms with Gasteiger partial charge in [0.2, 0.25) is 17.7 Å². The van der Waals surface area contributed by atoms with Crippen LogP contribution in [0.25, 0.3) is 0 Å². The van der Waals surface area contributed by atoms with Gasteiger partial charge in [0, 0.05) is 20.8 Å². The monoisotopic (exact) mass is 1250 g/mol. The molecule has 0 aromatic rings. The molecule has 6 aliphatic rings. The molecule has 3 amide bonds. The molecule has 0 saturated carbocycles. The molecule has 0 aromatic carbocycles. The highest BCUT2D eigenvalue weighted by molar-refractivity contribution is 5.74. The van der Waals surface area contributed by atoms with Gasteiger partial charge < -0.3 is 170 Å². The van der Waals surface area contributed by atoms with Gasteiger partial charge in [-0.25, -0.2) is 0 Å². The minimum atomic E-state index is -2.38. The molecule has 494 valence electrons. The van der Waals surface area contributed by atoms with Gasteiger partial charge in [0.05, 0.1) is 57.9 Å². The minimum absolute atomic E-state index is 0.854. The minimum Gasteiger partial charge on any atom is -0.394 e. The Morgan fingerprint density at radius 3 is 1.33 bits per heavy atom. The van der Waals surface area contributed by atoms with Crippen molar-refractivity contribution in [2.75, 3.05) is 39.6 Å². The smallest absolute Gasteiger partial charge is 0.217 e. The molecule has 6 fully saturated rings. The molecule has 37 heteroatoms. The predicted molar refractivity (Wildman–Crippen MR) is 266 cm³/mol. The lowest BCUT2D eigenvalue weighted by molar-refractivity contribution is -0.393. The van der Waals surface area contributed by atoms with Crippen molar-refractivity contribution in [2.24, 2.45) is 0 Å². The van der Waals surface area contributed by atoms with E-state index in [1.165, 1.54) is 13.8 Å². The molecule has 0 aliphatic carbocycles. The zero-order chi connectivity index (χ0) is 63.2. The van der Waals surface area contributed by atoms with Gasteiger partial charge in [-0.15, -0.1) is 0 Å². The Hall–Kier alpha value is -2.83. The second-order valence-corrected chi connectivity index (χ2v) is 21.5. The first kappa shape index (κ1) is 71.2. The molecular weight excluding hydrogens is 1160 g/mol. The van der Waals surface area contributed by atoms with Crippen molar-refractivity contribution in [1.29, 1.82) is 0 Å². The number of ether oxygens (including phenoxy) is 12. The standard InChI is InChI=1S/C48H83N3O34/c1-12-25(61)31(67)35(71)45(75-12)84-41-24(51-16(5)59)43(79-22(10-56)40(41)83-48-42(34(70)29(65)20(8-54)78-48)85-46-36(72)32(68)26(62)13(2)76-46)74-11-18(60)27(63)38(17(6-52)49-14(3)57)81-44-23(50-15(4)58)30(66)39(21(9-55)80-44)82-47-37(73)33(69)28(64)19(7-53)77-47/h12-13,17-48,52-56,60-73H,6-11H2,1-5H3,(H,49,57)(H,50,58)(H,51,59)/t12-,13-,17-,18+,19+,20+,21+,22+,23+,24+,25+,26+,27-,28-,29-,30+,31+,32+,33-,34-,35-,36-,37+,38+,39+,40+,41+,42+,43+,44-,45-,46-,47-,48-/m0/s1. The lowest BCUT2D eigenvalue weighted by Crippen LogP contribution is -2.70. The van der Waals surface area contributed by atoms with Crippen molar-refractivity contribution in [3.63, 3.8) is 0 Å². The summed E-state index contributed by atoms with van der Waals surface area (Å²) in [7, 11) is 0. The normalized spacial score (nSPS) is 45.9. The van der Waals surface area contributed by atoms with E-state index in [2.05, 4.69) is 16.0 Å². The summed E-state index contributed by atoms with van der Waals surface area (Å²) in [5.41, 5.74) is 0. The van der Waals surface area contributed by atoms with Crippen LogP contribution in [0.15, 0.2) is 0 Å². The maximum atomic E-state index is 13.1. The van der Waals surface area contributed by atoms with Gasteiger partial charge in [0.25, 0.3) is 0 Å². The number of rotatable bonds is 24. The SMILES string of the molecule is CC(=O)N[C@H]1[C@H](O[C@@H]([C@@H](O)[C@H](O)CO[C@@H]2O[C@H](CO)[C@@H](O[C@@H]3O[C@H](CO)[C@H](O)[C@H](O)[C@H]3O[C@@H]3O[C@@H](C)[C@@H](O)[C@@H](O)[C@@H]3O)[C@H](O[C@@H]3O[C@@H](C)[C@@H](O)[C@@H](O)[C@@H]3O)[C@H]2NC(C)=O)[C@H](CO)NC(C)=O)O[C@H](CO)[C@@H](O[C@@H]2O[C@H](CO)[C@H](O)[C@H](O)[C@H]2O)[C@@H]1O. The van der Waals surface area contributed by atoms with E-state index in [1.807, 2.05) is 0 Å². The van der Waals surface area contributed by atoms with Crippen molar-refractivity contribution in [2.45, 2.75) is 243 Å². The molecule has 37 nitrogen and oxygen atoms in total. The van der Waals surface area contributed by atoms with Crippen molar-refractivity contribution < 1.29 is 168 Å². The molecule has 22 N–H and O–H groups in total. The second-order valence-electron chi connectivity index (χ2n) is 21.5. The first-order valence-electron chi connectivity index (χ1n) is 27.2. The molecule has 6 saturated heterocycles. The first-order valence-corrected chi connectivity index (χ1v) is 27.2. The number of aliphatic hydroxyl groups is 19. The number of hydrogen-bond donors (Lipinski definition) is 22. The fourth-order valence-corrected chi connectivity index (χ4v) is 10.6. The van der Waals surface area contributed by atoms with E-state index in [-0.39, 0.29) is 0 Å². The van der Waals surface area contributed by atoms with Crippen LogP contribution in [-0.2, 0) is 71.2 Å². The number of hydrogen-bond acceptors (Lipinski definition) is 34. The van der Waals surface area contributed by atoms with Crippen LogP contribution in [0.3, 0.4) is 0 Å². The van der Waals surface area contributed by atoms with Crippen molar-refractivity contribution in [3.8, 4) is 0 Å². The summed E-state index contributed by atoms with van der Waals surface area (Å²) in [5.74, 6) is -2.63. The van der Waals surface area contributed by atoms with Gasteiger partial charge in [-0.2, -0.15) is 0 Å². The van der Waals surface area contributed by atoms with Crippen LogP contribution in [0.1, 0.15) is 34.6 Å². The molecule has 85 heavy (non-hydrogen) atoms. The number of aliphatic hydroxyl groups excluding tert-OH is 19. The summed E-state index contributed by atoms with van der Waals surface area (Å²) in [5, 5.41) is 213. The molecule has 34 atom stereocenters. The van der Waals surface area contributed by atoms with Gasteiger partial charge in [-0.05, 0) is 13.8 Å².